The highest BCUT2D eigenvalue weighted by molar-refractivity contribution is 5.84. The van der Waals surface area contributed by atoms with Crippen LogP contribution in [0.15, 0.2) is 30.3 Å². The van der Waals surface area contributed by atoms with E-state index in [4.69, 9.17) is 9.84 Å². The molecule has 1 aromatic rings. The van der Waals surface area contributed by atoms with E-state index < -0.39 is 12.1 Å². The van der Waals surface area contributed by atoms with Crippen molar-refractivity contribution in [2.45, 2.75) is 19.6 Å². The third-order valence-corrected chi connectivity index (χ3v) is 2.56. The topological polar surface area (TPSA) is 66.8 Å². The first-order chi connectivity index (χ1) is 8.54. The number of benzene rings is 1. The first-order valence-electron chi connectivity index (χ1n) is 5.62. The van der Waals surface area contributed by atoms with E-state index >= 15 is 0 Å². The SMILES string of the molecule is COC(C)C(=O)N(CC(=O)O)Cc1ccccc1. The first kappa shape index (κ1) is 14.2. The number of methoxy groups -OCH3 is 1. The molecule has 1 N–H and O–H groups in total. The maximum absolute atomic E-state index is 12.0. The van der Waals surface area contributed by atoms with Crippen molar-refractivity contribution >= 4 is 11.9 Å². The third-order valence-electron chi connectivity index (χ3n) is 2.56. The molecule has 98 valence electrons. The number of carbonyl (C=O) groups excluding carboxylic acids is 1. The van der Waals surface area contributed by atoms with Gasteiger partial charge in [-0.3, -0.25) is 9.59 Å². The van der Waals surface area contributed by atoms with Gasteiger partial charge >= 0.3 is 5.97 Å². The van der Waals surface area contributed by atoms with Crippen molar-refractivity contribution < 1.29 is 19.4 Å². The molecule has 0 heterocycles. The molecule has 1 atom stereocenters. The van der Waals surface area contributed by atoms with Gasteiger partial charge in [-0.05, 0) is 12.5 Å². The third kappa shape index (κ3) is 4.18. The Bertz CT molecular complexity index is 405. The van der Waals surface area contributed by atoms with Gasteiger partial charge in [-0.1, -0.05) is 30.3 Å². The Balaban J connectivity index is 2.78. The highest BCUT2D eigenvalue weighted by atomic mass is 16.5. The fourth-order valence-corrected chi connectivity index (χ4v) is 1.54. The Morgan fingerprint density at radius 1 is 1.33 bits per heavy atom. The first-order valence-corrected chi connectivity index (χ1v) is 5.62. The molecule has 1 amide bonds. The Hall–Kier alpha value is -1.88. The minimum Gasteiger partial charge on any atom is -0.480 e. The van der Waals surface area contributed by atoms with Crippen LogP contribution in [0.4, 0.5) is 0 Å². The number of ether oxygens (including phenoxy) is 1. The molecule has 0 spiro atoms. The van der Waals surface area contributed by atoms with Crippen LogP contribution in [-0.2, 0) is 20.9 Å². The molecule has 0 aliphatic carbocycles. The molecule has 0 saturated heterocycles. The second kappa shape index (κ2) is 6.76. The molecule has 1 unspecified atom stereocenters. The zero-order chi connectivity index (χ0) is 13.5. The van der Waals surface area contributed by atoms with E-state index in [-0.39, 0.29) is 19.0 Å². The van der Waals surface area contributed by atoms with Crippen LogP contribution in [0.25, 0.3) is 0 Å². The van der Waals surface area contributed by atoms with Crippen LogP contribution in [0, 0.1) is 0 Å². The van der Waals surface area contributed by atoms with E-state index in [9.17, 15) is 9.59 Å². The molecular formula is C13H17NO4. The highest BCUT2D eigenvalue weighted by Crippen LogP contribution is 2.07. The predicted molar refractivity (Wildman–Crippen MR) is 66.0 cm³/mol. The number of carboxylic acids is 1. The summed E-state index contributed by atoms with van der Waals surface area (Å²) in [6.07, 6.45) is -0.645. The molecule has 18 heavy (non-hydrogen) atoms. The summed E-state index contributed by atoms with van der Waals surface area (Å²) in [6.45, 7) is 1.53. The molecule has 0 aliphatic heterocycles. The summed E-state index contributed by atoms with van der Waals surface area (Å²) in [5, 5.41) is 8.83. The minimum atomic E-state index is -1.04. The van der Waals surface area contributed by atoms with E-state index in [2.05, 4.69) is 0 Å². The predicted octanol–water partition coefficient (Wildman–Crippen LogP) is 1.13. The molecule has 0 aromatic heterocycles. The summed E-state index contributed by atoms with van der Waals surface area (Å²) in [7, 11) is 1.42. The molecule has 1 aromatic carbocycles. The number of nitrogens with zero attached hydrogens (tertiary/aromatic N) is 1. The van der Waals surface area contributed by atoms with Crippen LogP contribution in [0.1, 0.15) is 12.5 Å². The quantitative estimate of drug-likeness (QED) is 0.823. The van der Waals surface area contributed by atoms with Crippen LogP contribution in [0.2, 0.25) is 0 Å². The van der Waals surface area contributed by atoms with Crippen LogP contribution < -0.4 is 0 Å². The van der Waals surface area contributed by atoms with Gasteiger partial charge in [0.25, 0.3) is 5.91 Å². The minimum absolute atomic E-state index is 0.264. The van der Waals surface area contributed by atoms with Gasteiger partial charge in [0, 0.05) is 13.7 Å². The molecular weight excluding hydrogens is 234 g/mol. The molecule has 0 saturated carbocycles. The number of carboxylic acid groups (broad SMARTS) is 1. The van der Waals surface area contributed by atoms with Crippen LogP contribution in [-0.4, -0.2) is 41.6 Å². The van der Waals surface area contributed by atoms with Gasteiger partial charge < -0.3 is 14.7 Å². The largest absolute Gasteiger partial charge is 0.480 e. The molecule has 0 fully saturated rings. The second-order valence-corrected chi connectivity index (χ2v) is 3.95. The van der Waals surface area contributed by atoms with Crippen molar-refractivity contribution in [2.24, 2.45) is 0 Å². The van der Waals surface area contributed by atoms with Crippen LogP contribution >= 0.6 is 0 Å². The highest BCUT2D eigenvalue weighted by Gasteiger charge is 2.22. The lowest BCUT2D eigenvalue weighted by Crippen LogP contribution is -2.41. The van der Waals surface area contributed by atoms with Crippen molar-refractivity contribution in [3.63, 3.8) is 0 Å². The second-order valence-electron chi connectivity index (χ2n) is 3.95. The smallest absolute Gasteiger partial charge is 0.323 e. The van der Waals surface area contributed by atoms with Gasteiger partial charge in [-0.25, -0.2) is 0 Å². The van der Waals surface area contributed by atoms with Gasteiger partial charge in [-0.2, -0.15) is 0 Å². The fraction of sp³-hybridized carbons (Fsp3) is 0.385. The van der Waals surface area contributed by atoms with E-state index in [1.54, 1.807) is 6.92 Å². The number of amides is 1. The average molecular weight is 251 g/mol. The van der Waals surface area contributed by atoms with E-state index in [0.29, 0.717) is 0 Å². The summed E-state index contributed by atoms with van der Waals surface area (Å²) in [6, 6.07) is 9.25. The lowest BCUT2D eigenvalue weighted by Gasteiger charge is -2.23. The summed E-state index contributed by atoms with van der Waals surface area (Å²) in [4.78, 5) is 24.0. The molecule has 5 nitrogen and oxygen atoms in total. The molecule has 0 bridgehead atoms. The number of hydrogen-bond acceptors (Lipinski definition) is 3. The zero-order valence-corrected chi connectivity index (χ0v) is 10.5. The van der Waals surface area contributed by atoms with Gasteiger partial charge in [0.15, 0.2) is 0 Å². The van der Waals surface area contributed by atoms with Crippen molar-refractivity contribution in [2.75, 3.05) is 13.7 Å². The fourth-order valence-electron chi connectivity index (χ4n) is 1.54. The van der Waals surface area contributed by atoms with Gasteiger partial charge in [-0.15, -0.1) is 0 Å². The van der Waals surface area contributed by atoms with Crippen molar-refractivity contribution in [1.29, 1.82) is 0 Å². The van der Waals surface area contributed by atoms with Crippen molar-refractivity contribution in [3.05, 3.63) is 35.9 Å². The Labute approximate surface area is 106 Å². The lowest BCUT2D eigenvalue weighted by atomic mass is 10.2. The zero-order valence-electron chi connectivity index (χ0n) is 10.5. The normalized spacial score (nSPS) is 11.9. The Kier molecular flexibility index (Phi) is 5.32. The lowest BCUT2D eigenvalue weighted by molar-refractivity contribution is -0.149. The summed E-state index contributed by atoms with van der Waals surface area (Å²) < 4.78 is 4.93. The molecule has 0 radical (unpaired) electrons. The monoisotopic (exact) mass is 251 g/mol. The van der Waals surface area contributed by atoms with Gasteiger partial charge in [0.1, 0.15) is 12.6 Å². The van der Waals surface area contributed by atoms with Gasteiger partial charge in [0.05, 0.1) is 0 Å². The molecule has 5 heteroatoms. The Morgan fingerprint density at radius 3 is 2.44 bits per heavy atom. The van der Waals surface area contributed by atoms with Crippen molar-refractivity contribution in [1.82, 2.24) is 4.90 Å². The average Bonchev–Trinajstić information content (AvgIpc) is 2.37. The summed E-state index contributed by atoms with van der Waals surface area (Å²) in [5.41, 5.74) is 0.885. The maximum Gasteiger partial charge on any atom is 0.323 e. The molecule has 1 rings (SSSR count). The number of carbonyl (C=O) groups is 2. The maximum atomic E-state index is 12.0. The summed E-state index contributed by atoms with van der Waals surface area (Å²) >= 11 is 0. The number of aliphatic carboxylic acids is 1. The van der Waals surface area contributed by atoms with Crippen molar-refractivity contribution in [3.8, 4) is 0 Å². The number of hydrogen-bond donors (Lipinski definition) is 1. The molecule has 0 aliphatic rings. The van der Waals surface area contributed by atoms with Crippen LogP contribution in [0.5, 0.6) is 0 Å². The summed E-state index contributed by atoms with van der Waals surface area (Å²) in [5.74, 6) is -1.37. The Morgan fingerprint density at radius 2 is 1.94 bits per heavy atom. The van der Waals surface area contributed by atoms with E-state index in [1.807, 2.05) is 30.3 Å². The standard InChI is InChI=1S/C13H17NO4/c1-10(18-2)13(17)14(9-12(15)16)8-11-6-4-3-5-7-11/h3-7,10H,8-9H2,1-2H3,(H,15,16). The van der Waals surface area contributed by atoms with E-state index in [0.717, 1.165) is 5.56 Å². The van der Waals surface area contributed by atoms with Gasteiger partial charge in [0.2, 0.25) is 0 Å². The van der Waals surface area contributed by atoms with E-state index in [1.165, 1.54) is 12.0 Å². The number of rotatable bonds is 6. The van der Waals surface area contributed by atoms with Crippen LogP contribution in [0.3, 0.4) is 0 Å².